The highest BCUT2D eigenvalue weighted by atomic mass is 16.7. The molecule has 3 heterocycles. The molecule has 0 spiro atoms. The predicted octanol–water partition coefficient (Wildman–Crippen LogP) is -0.685. The number of aromatic nitrogens is 2. The van der Waals surface area contributed by atoms with E-state index in [0.29, 0.717) is 0 Å². The van der Waals surface area contributed by atoms with E-state index in [0.717, 1.165) is 0 Å². The number of hydrogen-bond acceptors (Lipinski definition) is 10. The number of esters is 2. The van der Waals surface area contributed by atoms with Gasteiger partial charge in [0.05, 0.1) is 0 Å². The number of Topliss-reactive ketones (excluding diaryl/α,β-unsaturated/α-hetero) is 2. The van der Waals surface area contributed by atoms with Crippen molar-refractivity contribution in [2.24, 2.45) is 0 Å². The van der Waals surface area contributed by atoms with Gasteiger partial charge >= 0.3 is 17.9 Å². The average Bonchev–Trinajstić information content (AvgIpc) is 3.07. The van der Waals surface area contributed by atoms with Crippen LogP contribution in [-0.2, 0) is 33.4 Å². The van der Waals surface area contributed by atoms with Crippen LogP contribution in [0.15, 0.2) is 17.1 Å². The number of ether oxygens (including phenoxy) is 4. The Balaban J connectivity index is 1.76. The summed E-state index contributed by atoms with van der Waals surface area (Å²) in [7, 11) is 0. The quantitative estimate of drug-likeness (QED) is 0.431. The van der Waals surface area contributed by atoms with Gasteiger partial charge in [-0.3, -0.25) is 28.5 Å². The Hall–Kier alpha value is -3.08. The minimum atomic E-state index is -1.02. The third-order valence-electron chi connectivity index (χ3n) is 4.07. The van der Waals surface area contributed by atoms with Crippen LogP contribution < -0.4 is 10.3 Å². The molecular weight excluding hydrogens is 376 g/mol. The molecule has 0 N–H and O–H groups in total. The summed E-state index contributed by atoms with van der Waals surface area (Å²) in [5, 5.41) is 0. The molecule has 0 aromatic carbocycles. The van der Waals surface area contributed by atoms with Crippen molar-refractivity contribution in [1.29, 1.82) is 0 Å². The Morgan fingerprint density at radius 1 is 1.14 bits per heavy atom. The van der Waals surface area contributed by atoms with Crippen LogP contribution in [0.25, 0.3) is 0 Å². The summed E-state index contributed by atoms with van der Waals surface area (Å²) in [6.45, 7) is 2.21. The van der Waals surface area contributed by atoms with E-state index >= 15 is 0 Å². The molecule has 0 aliphatic carbocycles. The van der Waals surface area contributed by atoms with Gasteiger partial charge in [0.1, 0.15) is 37.1 Å². The van der Waals surface area contributed by atoms with Crippen molar-refractivity contribution >= 4 is 23.5 Å². The summed E-state index contributed by atoms with van der Waals surface area (Å²) >= 11 is 0. The van der Waals surface area contributed by atoms with Crippen LogP contribution in [0.3, 0.4) is 0 Å². The van der Waals surface area contributed by atoms with Gasteiger partial charge in [0.15, 0.2) is 18.4 Å². The average molecular weight is 394 g/mol. The van der Waals surface area contributed by atoms with Gasteiger partial charge in [-0.1, -0.05) is 0 Å². The van der Waals surface area contributed by atoms with Crippen molar-refractivity contribution in [3.8, 4) is 6.01 Å². The lowest BCUT2D eigenvalue weighted by Gasteiger charge is -2.21. The first-order chi connectivity index (χ1) is 13.2. The summed E-state index contributed by atoms with van der Waals surface area (Å²) in [5.41, 5.74) is -0.508. The maximum Gasteiger partial charge on any atom is 0.313 e. The molecule has 0 radical (unpaired) electrons. The van der Waals surface area contributed by atoms with Crippen molar-refractivity contribution in [3.63, 3.8) is 0 Å². The summed E-state index contributed by atoms with van der Waals surface area (Å²) in [4.78, 5) is 60.9. The molecular formula is C17H18N2O9. The fourth-order valence-corrected chi connectivity index (χ4v) is 2.96. The fraction of sp³-hybridized carbons (Fsp3) is 0.529. The standard InChI is InChI=1S/C17H18N2O9/c1-8(20)5-12(23)25-7-10-14(27-13(24)6-9(2)21)15-16(26-10)19-4-3-11(22)18-17(19)28-15/h3-4,10,14-16H,5-7H2,1-2H3/t10-,14-,15+,16-/m1/s1. The minimum absolute atomic E-state index is 0.00198. The first kappa shape index (κ1) is 19.7. The second-order valence-corrected chi connectivity index (χ2v) is 6.50. The molecule has 2 aliphatic rings. The summed E-state index contributed by atoms with van der Waals surface area (Å²) in [6.07, 6.45) is -2.93. The van der Waals surface area contributed by atoms with E-state index in [4.69, 9.17) is 18.9 Å². The monoisotopic (exact) mass is 394 g/mol. The van der Waals surface area contributed by atoms with Gasteiger partial charge in [0, 0.05) is 12.3 Å². The topological polar surface area (TPSA) is 140 Å². The Morgan fingerprint density at radius 3 is 2.50 bits per heavy atom. The third-order valence-corrected chi connectivity index (χ3v) is 4.07. The molecule has 0 unspecified atom stereocenters. The Labute approximate surface area is 158 Å². The van der Waals surface area contributed by atoms with Crippen LogP contribution in [0, 0.1) is 0 Å². The van der Waals surface area contributed by atoms with Crippen LogP contribution in [0.1, 0.15) is 32.9 Å². The van der Waals surface area contributed by atoms with Crippen LogP contribution in [0.4, 0.5) is 0 Å². The van der Waals surface area contributed by atoms with E-state index in [9.17, 15) is 24.0 Å². The highest BCUT2D eigenvalue weighted by Gasteiger charge is 2.54. The van der Waals surface area contributed by atoms with E-state index < -0.39 is 54.9 Å². The molecule has 4 atom stereocenters. The van der Waals surface area contributed by atoms with Crippen LogP contribution >= 0.6 is 0 Å². The van der Waals surface area contributed by atoms with Gasteiger partial charge in [0.25, 0.3) is 5.56 Å². The first-order valence-corrected chi connectivity index (χ1v) is 8.50. The molecule has 1 aromatic heterocycles. The van der Waals surface area contributed by atoms with E-state index in [1.54, 1.807) is 0 Å². The van der Waals surface area contributed by atoms with Gasteiger partial charge in [-0.05, 0) is 13.8 Å². The zero-order chi connectivity index (χ0) is 20.4. The molecule has 11 heteroatoms. The molecule has 2 aliphatic heterocycles. The van der Waals surface area contributed by atoms with Gasteiger partial charge in [0.2, 0.25) is 0 Å². The lowest BCUT2D eigenvalue weighted by Crippen LogP contribution is -2.40. The van der Waals surface area contributed by atoms with Crippen molar-refractivity contribution < 1.29 is 38.1 Å². The Morgan fingerprint density at radius 2 is 1.82 bits per heavy atom. The number of carbonyl (C=O) groups is 4. The van der Waals surface area contributed by atoms with Crippen LogP contribution in [-0.4, -0.2) is 58.0 Å². The fourth-order valence-electron chi connectivity index (χ4n) is 2.96. The highest BCUT2D eigenvalue weighted by Crippen LogP contribution is 2.40. The molecule has 11 nitrogen and oxygen atoms in total. The first-order valence-electron chi connectivity index (χ1n) is 8.50. The lowest BCUT2D eigenvalue weighted by atomic mass is 10.1. The van der Waals surface area contributed by atoms with Crippen LogP contribution in [0.2, 0.25) is 0 Å². The van der Waals surface area contributed by atoms with E-state index in [1.165, 1.54) is 30.7 Å². The van der Waals surface area contributed by atoms with Crippen molar-refractivity contribution in [2.75, 3.05) is 6.61 Å². The number of rotatable bonds is 7. The molecule has 28 heavy (non-hydrogen) atoms. The number of nitrogens with zero attached hydrogens (tertiary/aromatic N) is 2. The number of ketones is 2. The summed E-state index contributed by atoms with van der Waals surface area (Å²) < 4.78 is 23.2. The number of carbonyl (C=O) groups excluding carboxylic acids is 4. The molecule has 3 rings (SSSR count). The smallest absolute Gasteiger partial charge is 0.313 e. The molecule has 1 fully saturated rings. The SMILES string of the molecule is CC(=O)CC(=O)OC[C@H]1O[C@@H]2[C@@H](Oc3nc(=O)ccn32)[C@@H]1OC(=O)CC(C)=O. The Kier molecular flexibility index (Phi) is 5.54. The Bertz CT molecular complexity index is 878. The van der Waals surface area contributed by atoms with E-state index in [-0.39, 0.29) is 24.2 Å². The van der Waals surface area contributed by atoms with Crippen molar-refractivity contribution in [2.45, 2.75) is 51.2 Å². The number of fused-ring (bicyclic) bond motifs is 3. The summed E-state index contributed by atoms with van der Waals surface area (Å²) in [6, 6.07) is 1.22. The second-order valence-electron chi connectivity index (χ2n) is 6.50. The van der Waals surface area contributed by atoms with E-state index in [2.05, 4.69) is 4.98 Å². The molecule has 0 saturated carbocycles. The van der Waals surface area contributed by atoms with Gasteiger partial charge in [-0.15, -0.1) is 0 Å². The molecule has 1 saturated heterocycles. The highest BCUT2D eigenvalue weighted by molar-refractivity contribution is 5.94. The minimum Gasteiger partial charge on any atom is -0.462 e. The van der Waals surface area contributed by atoms with Crippen molar-refractivity contribution in [3.05, 3.63) is 22.6 Å². The second kappa shape index (κ2) is 7.89. The zero-order valence-corrected chi connectivity index (χ0v) is 15.2. The van der Waals surface area contributed by atoms with Gasteiger partial charge in [-0.2, -0.15) is 4.98 Å². The normalized spacial score (nSPS) is 24.6. The number of hydrogen-bond donors (Lipinski definition) is 0. The van der Waals surface area contributed by atoms with E-state index in [1.807, 2.05) is 0 Å². The largest absolute Gasteiger partial charge is 0.462 e. The molecule has 0 amide bonds. The maximum atomic E-state index is 12.0. The molecule has 0 bridgehead atoms. The van der Waals surface area contributed by atoms with Crippen LogP contribution in [0.5, 0.6) is 6.01 Å². The zero-order valence-electron chi connectivity index (χ0n) is 15.2. The predicted molar refractivity (Wildman–Crippen MR) is 88.3 cm³/mol. The summed E-state index contributed by atoms with van der Waals surface area (Å²) in [5.74, 6) is -2.27. The maximum absolute atomic E-state index is 12.0. The lowest BCUT2D eigenvalue weighted by molar-refractivity contribution is -0.161. The van der Waals surface area contributed by atoms with Gasteiger partial charge < -0.3 is 18.9 Å². The molecule has 150 valence electrons. The molecule has 1 aromatic rings. The third kappa shape index (κ3) is 4.25. The van der Waals surface area contributed by atoms with Gasteiger partial charge in [-0.25, -0.2) is 0 Å². The van der Waals surface area contributed by atoms with Crippen molar-refractivity contribution in [1.82, 2.24) is 9.55 Å².